The van der Waals surface area contributed by atoms with Crippen LogP contribution in [0.2, 0.25) is 0 Å². The molecule has 2 aliphatic rings. The van der Waals surface area contributed by atoms with Crippen LogP contribution in [0.15, 0.2) is 24.3 Å². The van der Waals surface area contributed by atoms with Crippen molar-refractivity contribution in [3.63, 3.8) is 0 Å². The predicted octanol–water partition coefficient (Wildman–Crippen LogP) is 3.63. The Hall–Kier alpha value is -2.01. The molecule has 2 heterocycles. The minimum absolute atomic E-state index is 0.0275. The summed E-state index contributed by atoms with van der Waals surface area (Å²) in [5.74, 6) is 0.0610. The highest BCUT2D eigenvalue weighted by molar-refractivity contribution is 6.06. The number of amides is 1. The summed E-state index contributed by atoms with van der Waals surface area (Å²) in [4.78, 5) is 19.8. The van der Waals surface area contributed by atoms with Crippen LogP contribution < -0.4 is 0 Å². The van der Waals surface area contributed by atoms with Gasteiger partial charge in [0.25, 0.3) is 5.91 Å². The normalized spacial score (nSPS) is 20.4. The number of hydrogen-bond donors (Lipinski definition) is 1. The van der Waals surface area contributed by atoms with Crippen LogP contribution in [0.5, 0.6) is 0 Å². The van der Waals surface area contributed by atoms with Crippen molar-refractivity contribution in [2.24, 2.45) is 0 Å². The van der Waals surface area contributed by atoms with E-state index in [2.05, 4.69) is 4.98 Å². The number of halogens is 1. The zero-order valence-corrected chi connectivity index (χ0v) is 14.2. The molecule has 25 heavy (non-hydrogen) atoms. The number of fused-ring (bicyclic) bond motifs is 1. The highest BCUT2D eigenvalue weighted by Gasteiger charge is 2.32. The number of aliphatic hydroxyl groups is 1. The van der Waals surface area contributed by atoms with E-state index in [-0.39, 0.29) is 24.4 Å². The van der Waals surface area contributed by atoms with Gasteiger partial charge in [-0.05, 0) is 62.8 Å². The van der Waals surface area contributed by atoms with Gasteiger partial charge in [0.2, 0.25) is 0 Å². The summed E-state index contributed by atoms with van der Waals surface area (Å²) in [6.07, 6.45) is 5.68. The summed E-state index contributed by atoms with van der Waals surface area (Å²) >= 11 is 0. The van der Waals surface area contributed by atoms with E-state index in [1.807, 2.05) is 11.0 Å². The van der Waals surface area contributed by atoms with Gasteiger partial charge in [0.15, 0.2) is 0 Å². The number of rotatable bonds is 5. The smallest absolute Gasteiger partial charge is 0.254 e. The molecule has 0 radical (unpaired) electrons. The molecule has 1 aromatic carbocycles. The lowest BCUT2D eigenvalue weighted by Gasteiger charge is -2.25. The first kappa shape index (κ1) is 16.5. The van der Waals surface area contributed by atoms with Gasteiger partial charge in [0.1, 0.15) is 5.82 Å². The van der Waals surface area contributed by atoms with Gasteiger partial charge in [-0.3, -0.25) is 9.78 Å². The van der Waals surface area contributed by atoms with Crippen LogP contribution >= 0.6 is 0 Å². The molecule has 4 rings (SSSR count). The minimum atomic E-state index is -0.347. The molecule has 5 heteroatoms. The Morgan fingerprint density at radius 3 is 2.88 bits per heavy atom. The number of aromatic nitrogens is 1. The van der Waals surface area contributed by atoms with Crippen LogP contribution in [0, 0.1) is 5.82 Å². The number of carbonyl (C=O) groups excluding carboxylic acids is 1. The second kappa shape index (κ2) is 6.71. The number of carbonyl (C=O) groups is 1. The molecule has 1 amide bonds. The number of hydrogen-bond acceptors (Lipinski definition) is 3. The van der Waals surface area contributed by atoms with Crippen LogP contribution in [0.4, 0.5) is 4.39 Å². The molecule has 1 atom stereocenters. The van der Waals surface area contributed by atoms with E-state index in [4.69, 9.17) is 5.11 Å². The summed E-state index contributed by atoms with van der Waals surface area (Å²) in [5, 5.41) is 9.69. The first-order valence-corrected chi connectivity index (χ1v) is 9.19. The summed E-state index contributed by atoms with van der Waals surface area (Å²) < 4.78 is 13.8. The van der Waals surface area contributed by atoms with Gasteiger partial charge in [-0.15, -0.1) is 0 Å². The molecular weight excluding hydrogens is 319 g/mol. The SMILES string of the molecule is O=C(c1cc(C2CC2)nc2ccc(F)cc12)N1CCCC1CCCO. The van der Waals surface area contributed by atoms with Crippen molar-refractivity contribution in [3.05, 3.63) is 41.3 Å². The topological polar surface area (TPSA) is 53.4 Å². The van der Waals surface area contributed by atoms with Crippen molar-refractivity contribution in [2.45, 2.75) is 50.5 Å². The van der Waals surface area contributed by atoms with E-state index in [9.17, 15) is 9.18 Å². The summed E-state index contributed by atoms with van der Waals surface area (Å²) in [5.41, 5.74) is 2.22. The van der Waals surface area contributed by atoms with Gasteiger partial charge in [-0.2, -0.15) is 0 Å². The third-order valence-electron chi connectivity index (χ3n) is 5.35. The Bertz CT molecular complexity index is 804. The average Bonchev–Trinajstić information content (AvgIpc) is 3.37. The molecule has 2 aromatic rings. The Morgan fingerprint density at radius 2 is 2.12 bits per heavy atom. The first-order valence-electron chi connectivity index (χ1n) is 9.19. The first-order chi connectivity index (χ1) is 12.2. The van der Waals surface area contributed by atoms with E-state index >= 15 is 0 Å². The fourth-order valence-electron chi connectivity index (χ4n) is 3.87. The second-order valence-electron chi connectivity index (χ2n) is 7.19. The van der Waals surface area contributed by atoms with Gasteiger partial charge >= 0.3 is 0 Å². The minimum Gasteiger partial charge on any atom is -0.396 e. The van der Waals surface area contributed by atoms with Gasteiger partial charge < -0.3 is 10.0 Å². The van der Waals surface area contributed by atoms with Crippen molar-refractivity contribution in [1.82, 2.24) is 9.88 Å². The predicted molar refractivity (Wildman–Crippen MR) is 94.1 cm³/mol. The van der Waals surface area contributed by atoms with Crippen LogP contribution in [-0.2, 0) is 0 Å². The largest absolute Gasteiger partial charge is 0.396 e. The van der Waals surface area contributed by atoms with E-state index in [1.54, 1.807) is 6.07 Å². The molecule has 132 valence electrons. The third-order valence-corrected chi connectivity index (χ3v) is 5.35. The number of likely N-dealkylation sites (tertiary alicyclic amines) is 1. The summed E-state index contributed by atoms with van der Waals surface area (Å²) in [6, 6.07) is 6.54. The van der Waals surface area contributed by atoms with Gasteiger partial charge in [-0.25, -0.2) is 4.39 Å². The zero-order valence-electron chi connectivity index (χ0n) is 14.2. The highest BCUT2D eigenvalue weighted by Crippen LogP contribution is 2.40. The van der Waals surface area contributed by atoms with Gasteiger partial charge in [0.05, 0.1) is 11.1 Å². The standard InChI is InChI=1S/C20H23FN2O2/c21-14-7-8-18-16(11-14)17(12-19(22-18)13-5-6-13)20(25)23-9-1-3-15(23)4-2-10-24/h7-8,11-13,15,24H,1-6,9-10H2. The Morgan fingerprint density at radius 1 is 1.28 bits per heavy atom. The molecule has 2 fully saturated rings. The Kier molecular flexibility index (Phi) is 4.42. The van der Waals surface area contributed by atoms with E-state index < -0.39 is 0 Å². The van der Waals surface area contributed by atoms with Crippen molar-refractivity contribution in [1.29, 1.82) is 0 Å². The fourth-order valence-corrected chi connectivity index (χ4v) is 3.87. The lowest BCUT2D eigenvalue weighted by molar-refractivity contribution is 0.0726. The maximum Gasteiger partial charge on any atom is 0.254 e. The summed E-state index contributed by atoms with van der Waals surface area (Å²) in [7, 11) is 0. The van der Waals surface area contributed by atoms with Crippen molar-refractivity contribution >= 4 is 16.8 Å². The molecule has 1 N–H and O–H groups in total. The number of benzene rings is 1. The molecule has 0 spiro atoms. The maximum absolute atomic E-state index is 13.8. The third kappa shape index (κ3) is 3.25. The number of nitrogens with zero attached hydrogens (tertiary/aromatic N) is 2. The second-order valence-corrected chi connectivity index (χ2v) is 7.19. The zero-order chi connectivity index (χ0) is 17.4. The van der Waals surface area contributed by atoms with Crippen LogP contribution in [-0.4, -0.2) is 40.1 Å². The van der Waals surface area contributed by atoms with Gasteiger partial charge in [0, 0.05) is 36.2 Å². The van der Waals surface area contributed by atoms with Crippen molar-refractivity contribution < 1.29 is 14.3 Å². The molecule has 1 aliphatic heterocycles. The fraction of sp³-hybridized carbons (Fsp3) is 0.500. The molecular formula is C20H23FN2O2. The highest BCUT2D eigenvalue weighted by atomic mass is 19.1. The molecule has 4 nitrogen and oxygen atoms in total. The molecule has 1 aliphatic carbocycles. The lowest BCUT2D eigenvalue weighted by atomic mass is 10.0. The molecule has 1 saturated heterocycles. The Labute approximate surface area is 146 Å². The van der Waals surface area contributed by atoms with Crippen molar-refractivity contribution in [3.8, 4) is 0 Å². The van der Waals surface area contributed by atoms with Crippen LogP contribution in [0.25, 0.3) is 10.9 Å². The number of pyridine rings is 1. The van der Waals surface area contributed by atoms with E-state index in [0.29, 0.717) is 28.8 Å². The lowest BCUT2D eigenvalue weighted by Crippen LogP contribution is -2.35. The number of aliphatic hydroxyl groups excluding tert-OH is 1. The van der Waals surface area contributed by atoms with E-state index in [0.717, 1.165) is 44.3 Å². The monoisotopic (exact) mass is 342 g/mol. The maximum atomic E-state index is 13.8. The van der Waals surface area contributed by atoms with Gasteiger partial charge in [-0.1, -0.05) is 0 Å². The molecule has 0 bridgehead atoms. The molecule has 1 unspecified atom stereocenters. The quantitative estimate of drug-likeness (QED) is 0.903. The molecule has 1 saturated carbocycles. The van der Waals surface area contributed by atoms with Crippen molar-refractivity contribution in [2.75, 3.05) is 13.2 Å². The molecule has 1 aromatic heterocycles. The Balaban J connectivity index is 1.73. The van der Waals surface area contributed by atoms with Crippen LogP contribution in [0.1, 0.15) is 60.5 Å². The average molecular weight is 342 g/mol. The van der Waals surface area contributed by atoms with E-state index in [1.165, 1.54) is 12.1 Å². The van der Waals surface area contributed by atoms with Crippen LogP contribution in [0.3, 0.4) is 0 Å². The summed E-state index contributed by atoms with van der Waals surface area (Å²) in [6.45, 7) is 0.876.